The van der Waals surface area contributed by atoms with Crippen molar-refractivity contribution in [2.45, 2.75) is 51.3 Å². The highest BCUT2D eigenvalue weighted by atomic mass is 35.5. The van der Waals surface area contributed by atoms with E-state index in [2.05, 4.69) is 24.0 Å². The molecule has 0 atom stereocenters. The van der Waals surface area contributed by atoms with E-state index in [1.807, 2.05) is 34.0 Å². The van der Waals surface area contributed by atoms with Crippen LogP contribution < -0.4 is 4.90 Å². The summed E-state index contributed by atoms with van der Waals surface area (Å²) >= 11 is 1.52. The largest absolute Gasteiger partial charge is 0.309 e. The average Bonchev–Trinajstić information content (AvgIpc) is 3.29. The average molecular weight is 567 g/mol. The number of carbonyl (C=O) groups excluding carboxylic acids is 1. The molecule has 204 valence electrons. The second-order valence-corrected chi connectivity index (χ2v) is 12.1. The second kappa shape index (κ2) is 14.2. The SMILES string of the molecule is CCCN(CCC)S(=O)(=O)c1ccc(C(=O)N(CCCN(C)C)c2nc3ccc(CC)cc3s2)cc1.Cl. The third-order valence-electron chi connectivity index (χ3n) is 6.00. The summed E-state index contributed by atoms with van der Waals surface area (Å²) in [4.78, 5) is 22.4. The summed E-state index contributed by atoms with van der Waals surface area (Å²) in [6.45, 7) is 8.39. The highest BCUT2D eigenvalue weighted by Crippen LogP contribution is 2.31. The molecule has 0 unspecified atom stereocenters. The first kappa shape index (κ1) is 31.2. The summed E-state index contributed by atoms with van der Waals surface area (Å²) < 4.78 is 28.8. The standard InChI is InChI=1S/C27H38N4O3S2.ClH/c1-6-16-30(17-7-2)36(33,34)23-13-11-22(12-14-23)26(32)31(19-9-18-29(4)5)27-28-24-15-10-21(8-3)20-25(24)35-27;/h10-15,20H,6-9,16-19H2,1-5H3;1H. The Morgan fingerprint density at radius 2 is 1.57 bits per heavy atom. The van der Waals surface area contributed by atoms with Crippen LogP contribution in [0.25, 0.3) is 10.2 Å². The third-order valence-corrected chi connectivity index (χ3v) is 8.95. The lowest BCUT2D eigenvalue weighted by Gasteiger charge is -2.22. The normalized spacial score (nSPS) is 11.8. The van der Waals surface area contributed by atoms with Gasteiger partial charge in [-0.25, -0.2) is 13.4 Å². The van der Waals surface area contributed by atoms with E-state index < -0.39 is 10.0 Å². The Kier molecular flexibility index (Phi) is 12.0. The predicted molar refractivity (Wildman–Crippen MR) is 157 cm³/mol. The van der Waals surface area contributed by atoms with Gasteiger partial charge in [-0.1, -0.05) is 38.2 Å². The molecule has 3 rings (SSSR count). The first-order valence-corrected chi connectivity index (χ1v) is 14.9. The molecule has 0 aliphatic heterocycles. The summed E-state index contributed by atoms with van der Waals surface area (Å²) in [6, 6.07) is 12.5. The van der Waals surface area contributed by atoms with Gasteiger partial charge in [-0.2, -0.15) is 4.31 Å². The summed E-state index contributed by atoms with van der Waals surface area (Å²) in [5.41, 5.74) is 2.57. The maximum absolute atomic E-state index is 13.6. The molecule has 0 saturated carbocycles. The molecule has 1 amide bonds. The van der Waals surface area contributed by atoms with Crippen molar-refractivity contribution >= 4 is 55.0 Å². The van der Waals surface area contributed by atoms with Crippen LogP contribution in [-0.4, -0.2) is 68.8 Å². The molecule has 0 fully saturated rings. The number of rotatable bonds is 13. The first-order valence-electron chi connectivity index (χ1n) is 12.7. The van der Waals surface area contributed by atoms with Gasteiger partial charge in [-0.15, -0.1) is 12.4 Å². The van der Waals surface area contributed by atoms with Crippen molar-refractivity contribution in [1.29, 1.82) is 0 Å². The van der Waals surface area contributed by atoms with Crippen molar-refractivity contribution in [3.8, 4) is 0 Å². The van der Waals surface area contributed by atoms with Crippen LogP contribution in [0.5, 0.6) is 0 Å². The highest BCUT2D eigenvalue weighted by molar-refractivity contribution is 7.89. The lowest BCUT2D eigenvalue weighted by molar-refractivity contribution is 0.0986. The Morgan fingerprint density at radius 3 is 2.14 bits per heavy atom. The summed E-state index contributed by atoms with van der Waals surface area (Å²) in [6.07, 6.45) is 3.24. The number of hydrogen-bond acceptors (Lipinski definition) is 6. The lowest BCUT2D eigenvalue weighted by atomic mass is 10.2. The van der Waals surface area contributed by atoms with Crippen molar-refractivity contribution in [2.24, 2.45) is 0 Å². The van der Waals surface area contributed by atoms with Gasteiger partial charge in [-0.3, -0.25) is 9.69 Å². The molecule has 0 aliphatic carbocycles. The smallest absolute Gasteiger partial charge is 0.260 e. The zero-order valence-corrected chi connectivity index (χ0v) is 24.9. The van der Waals surface area contributed by atoms with E-state index in [0.717, 1.165) is 42.4 Å². The molecule has 0 aliphatic rings. The van der Waals surface area contributed by atoms with Crippen LogP contribution >= 0.6 is 23.7 Å². The van der Waals surface area contributed by atoms with Gasteiger partial charge in [0.25, 0.3) is 5.91 Å². The number of fused-ring (bicyclic) bond motifs is 1. The van der Waals surface area contributed by atoms with Crippen LogP contribution in [-0.2, 0) is 16.4 Å². The minimum Gasteiger partial charge on any atom is -0.309 e. The van der Waals surface area contributed by atoms with Crippen LogP contribution in [0.15, 0.2) is 47.4 Å². The second-order valence-electron chi connectivity index (χ2n) is 9.19. The van der Waals surface area contributed by atoms with Gasteiger partial charge in [0, 0.05) is 25.2 Å². The van der Waals surface area contributed by atoms with Crippen LogP contribution in [0.4, 0.5) is 5.13 Å². The fourth-order valence-corrected chi connectivity index (χ4v) is 6.72. The Hall–Kier alpha value is -2.04. The number of halogens is 1. The highest BCUT2D eigenvalue weighted by Gasteiger charge is 2.25. The van der Waals surface area contributed by atoms with Crippen LogP contribution in [0.1, 0.15) is 56.0 Å². The maximum atomic E-state index is 13.6. The van der Waals surface area contributed by atoms with Gasteiger partial charge in [0.15, 0.2) is 5.13 Å². The molecule has 10 heteroatoms. The van der Waals surface area contributed by atoms with Gasteiger partial charge >= 0.3 is 0 Å². The fraction of sp³-hybridized carbons (Fsp3) is 0.481. The zero-order chi connectivity index (χ0) is 26.3. The predicted octanol–water partition coefficient (Wildman–Crippen LogP) is 5.69. The van der Waals surface area contributed by atoms with Crippen molar-refractivity contribution in [3.05, 3.63) is 53.6 Å². The number of sulfonamides is 1. The number of carbonyl (C=O) groups is 1. The summed E-state index contributed by atoms with van der Waals surface area (Å²) in [7, 11) is 0.424. The minimum absolute atomic E-state index is 0. The quantitative estimate of drug-likeness (QED) is 0.266. The number of thiazole rings is 1. The van der Waals surface area contributed by atoms with E-state index in [9.17, 15) is 13.2 Å². The van der Waals surface area contributed by atoms with E-state index in [1.165, 1.54) is 21.2 Å². The number of amides is 1. The van der Waals surface area contributed by atoms with Crippen LogP contribution in [0.2, 0.25) is 0 Å². The van der Waals surface area contributed by atoms with Crippen molar-refractivity contribution in [3.63, 3.8) is 0 Å². The summed E-state index contributed by atoms with van der Waals surface area (Å²) in [5, 5.41) is 0.663. The van der Waals surface area contributed by atoms with E-state index in [-0.39, 0.29) is 23.2 Å². The van der Waals surface area contributed by atoms with Crippen molar-refractivity contribution in [1.82, 2.24) is 14.2 Å². The van der Waals surface area contributed by atoms with Gasteiger partial charge in [0.05, 0.1) is 15.1 Å². The molecule has 0 saturated heterocycles. The molecular weight excluding hydrogens is 528 g/mol. The van der Waals surface area contributed by atoms with E-state index in [0.29, 0.717) is 30.3 Å². The topological polar surface area (TPSA) is 73.8 Å². The fourth-order valence-electron chi connectivity index (χ4n) is 4.05. The van der Waals surface area contributed by atoms with E-state index in [4.69, 9.17) is 4.98 Å². The molecule has 0 bridgehead atoms. The van der Waals surface area contributed by atoms with E-state index >= 15 is 0 Å². The van der Waals surface area contributed by atoms with Crippen LogP contribution in [0, 0.1) is 0 Å². The van der Waals surface area contributed by atoms with Crippen LogP contribution in [0.3, 0.4) is 0 Å². The van der Waals surface area contributed by atoms with Gasteiger partial charge in [-0.05, 0) is 88.3 Å². The molecule has 1 heterocycles. The molecule has 7 nitrogen and oxygen atoms in total. The number of benzene rings is 2. The van der Waals surface area contributed by atoms with Crippen molar-refractivity contribution < 1.29 is 13.2 Å². The lowest BCUT2D eigenvalue weighted by Crippen LogP contribution is -2.34. The van der Waals surface area contributed by atoms with E-state index in [1.54, 1.807) is 29.2 Å². The van der Waals surface area contributed by atoms with Gasteiger partial charge in [0.1, 0.15) is 0 Å². The first-order chi connectivity index (χ1) is 17.2. The number of hydrogen-bond donors (Lipinski definition) is 0. The number of aryl methyl sites for hydroxylation is 1. The van der Waals surface area contributed by atoms with Gasteiger partial charge < -0.3 is 4.90 Å². The number of aromatic nitrogens is 1. The molecule has 0 spiro atoms. The van der Waals surface area contributed by atoms with Crippen molar-refractivity contribution in [2.75, 3.05) is 45.2 Å². The zero-order valence-electron chi connectivity index (χ0n) is 22.4. The Balaban J connectivity index is 0.00000481. The molecule has 0 N–H and O–H groups in total. The van der Waals surface area contributed by atoms with Gasteiger partial charge in [0.2, 0.25) is 10.0 Å². The molecule has 3 aromatic rings. The Bertz CT molecular complexity index is 1250. The molecule has 1 aromatic heterocycles. The Morgan fingerprint density at radius 1 is 0.919 bits per heavy atom. The Labute approximate surface area is 231 Å². The molecule has 2 aromatic carbocycles. The summed E-state index contributed by atoms with van der Waals surface area (Å²) in [5.74, 6) is -0.175. The third kappa shape index (κ3) is 7.74. The molecule has 0 radical (unpaired) electrons. The molecule has 37 heavy (non-hydrogen) atoms. The molecular formula is C27H39ClN4O3S2. The maximum Gasteiger partial charge on any atom is 0.260 e. The monoisotopic (exact) mass is 566 g/mol. The number of anilines is 1. The number of nitrogens with zero attached hydrogens (tertiary/aromatic N) is 4. The minimum atomic E-state index is -3.60.